The van der Waals surface area contributed by atoms with E-state index < -0.39 is 4.92 Å². The molecule has 1 fully saturated rings. The Hall–Kier alpha value is -1.40. The SMILES string of the molecule is CC(Nc1nc(Cl)ccc1[N+](=O)[O-])C1CCOC1. The minimum absolute atomic E-state index is 0.0529. The van der Waals surface area contributed by atoms with Crippen LogP contribution < -0.4 is 5.32 Å². The van der Waals surface area contributed by atoms with Crippen molar-refractivity contribution in [3.8, 4) is 0 Å². The van der Waals surface area contributed by atoms with Gasteiger partial charge in [-0.05, 0) is 19.4 Å². The molecule has 1 aliphatic rings. The fraction of sp³-hybridized carbons (Fsp3) is 0.545. The van der Waals surface area contributed by atoms with E-state index in [1.807, 2.05) is 6.92 Å². The van der Waals surface area contributed by atoms with Gasteiger partial charge in [-0.2, -0.15) is 0 Å². The Bertz CT molecular complexity index is 449. The first kappa shape index (κ1) is 13.0. The highest BCUT2D eigenvalue weighted by molar-refractivity contribution is 6.29. The molecule has 1 N–H and O–H groups in total. The van der Waals surface area contributed by atoms with E-state index in [1.165, 1.54) is 12.1 Å². The molecular formula is C11H14ClN3O3. The molecule has 0 spiro atoms. The third kappa shape index (κ3) is 2.88. The van der Waals surface area contributed by atoms with Gasteiger partial charge >= 0.3 is 5.69 Å². The maximum atomic E-state index is 10.9. The Balaban J connectivity index is 2.16. The molecule has 1 aromatic rings. The number of hydrogen-bond acceptors (Lipinski definition) is 5. The number of ether oxygens (including phenoxy) is 1. The second-order valence-electron chi connectivity index (χ2n) is 4.32. The first-order chi connectivity index (χ1) is 8.58. The molecule has 2 unspecified atom stereocenters. The predicted molar refractivity (Wildman–Crippen MR) is 67.9 cm³/mol. The molecule has 0 aromatic carbocycles. The summed E-state index contributed by atoms with van der Waals surface area (Å²) < 4.78 is 5.30. The molecule has 2 atom stereocenters. The fourth-order valence-corrected chi connectivity index (χ4v) is 2.11. The highest BCUT2D eigenvalue weighted by Crippen LogP contribution is 2.27. The van der Waals surface area contributed by atoms with Gasteiger partial charge < -0.3 is 10.1 Å². The molecule has 98 valence electrons. The molecule has 0 aliphatic carbocycles. The van der Waals surface area contributed by atoms with Gasteiger partial charge in [0.1, 0.15) is 5.15 Å². The molecule has 7 heteroatoms. The van der Waals surface area contributed by atoms with Crippen LogP contribution in [-0.4, -0.2) is 29.2 Å². The van der Waals surface area contributed by atoms with E-state index >= 15 is 0 Å². The fourth-order valence-electron chi connectivity index (χ4n) is 1.96. The highest BCUT2D eigenvalue weighted by Gasteiger charge is 2.25. The summed E-state index contributed by atoms with van der Waals surface area (Å²) in [6.45, 7) is 3.37. The lowest BCUT2D eigenvalue weighted by Crippen LogP contribution is -2.27. The maximum Gasteiger partial charge on any atom is 0.311 e. The Morgan fingerprint density at radius 1 is 1.67 bits per heavy atom. The Labute approximate surface area is 109 Å². The van der Waals surface area contributed by atoms with E-state index in [0.29, 0.717) is 12.5 Å². The summed E-state index contributed by atoms with van der Waals surface area (Å²) in [7, 11) is 0. The second-order valence-corrected chi connectivity index (χ2v) is 4.70. The summed E-state index contributed by atoms with van der Waals surface area (Å²) in [5.74, 6) is 0.553. The number of nitro groups is 1. The zero-order valence-electron chi connectivity index (χ0n) is 9.93. The van der Waals surface area contributed by atoms with Gasteiger partial charge in [0.25, 0.3) is 0 Å². The lowest BCUT2D eigenvalue weighted by molar-refractivity contribution is -0.384. The number of anilines is 1. The number of nitrogens with one attached hydrogen (secondary N) is 1. The van der Waals surface area contributed by atoms with Crippen molar-refractivity contribution in [2.75, 3.05) is 18.5 Å². The van der Waals surface area contributed by atoms with Crippen molar-refractivity contribution in [1.29, 1.82) is 0 Å². The number of aromatic nitrogens is 1. The van der Waals surface area contributed by atoms with E-state index in [1.54, 1.807) is 0 Å². The summed E-state index contributed by atoms with van der Waals surface area (Å²) >= 11 is 5.77. The van der Waals surface area contributed by atoms with Crippen molar-refractivity contribution in [3.05, 3.63) is 27.4 Å². The van der Waals surface area contributed by atoms with E-state index in [2.05, 4.69) is 10.3 Å². The van der Waals surface area contributed by atoms with Crippen molar-refractivity contribution >= 4 is 23.1 Å². The van der Waals surface area contributed by atoms with Crippen LogP contribution in [0.3, 0.4) is 0 Å². The van der Waals surface area contributed by atoms with Gasteiger partial charge in [-0.3, -0.25) is 10.1 Å². The van der Waals surface area contributed by atoms with Crippen LogP contribution in [0.4, 0.5) is 11.5 Å². The van der Waals surface area contributed by atoms with Crippen molar-refractivity contribution in [1.82, 2.24) is 4.98 Å². The summed E-state index contributed by atoms with van der Waals surface area (Å²) in [4.78, 5) is 14.4. The van der Waals surface area contributed by atoms with Gasteiger partial charge in [-0.25, -0.2) is 4.98 Å². The van der Waals surface area contributed by atoms with Crippen LogP contribution in [0.5, 0.6) is 0 Å². The highest BCUT2D eigenvalue weighted by atomic mass is 35.5. The van der Waals surface area contributed by atoms with Crippen molar-refractivity contribution < 1.29 is 9.66 Å². The predicted octanol–water partition coefficient (Wildman–Crippen LogP) is 2.48. The molecular weight excluding hydrogens is 258 g/mol. The van der Waals surface area contributed by atoms with E-state index in [9.17, 15) is 10.1 Å². The summed E-state index contributed by atoms with van der Waals surface area (Å²) in [5, 5.41) is 14.2. The average molecular weight is 272 g/mol. The van der Waals surface area contributed by atoms with Gasteiger partial charge in [-0.1, -0.05) is 11.6 Å². The number of hydrogen-bond donors (Lipinski definition) is 1. The molecule has 1 aliphatic heterocycles. The third-order valence-corrected chi connectivity index (χ3v) is 3.28. The smallest absolute Gasteiger partial charge is 0.311 e. The molecule has 1 saturated heterocycles. The Kier molecular flexibility index (Phi) is 3.98. The van der Waals surface area contributed by atoms with Crippen LogP contribution in [0.15, 0.2) is 12.1 Å². The quantitative estimate of drug-likeness (QED) is 0.517. The van der Waals surface area contributed by atoms with Gasteiger partial charge in [0.15, 0.2) is 0 Å². The third-order valence-electron chi connectivity index (χ3n) is 3.07. The number of pyridine rings is 1. The lowest BCUT2D eigenvalue weighted by Gasteiger charge is -2.19. The van der Waals surface area contributed by atoms with Crippen molar-refractivity contribution in [2.45, 2.75) is 19.4 Å². The number of nitrogens with zero attached hydrogens (tertiary/aromatic N) is 2. The van der Waals surface area contributed by atoms with Crippen LogP contribution in [0.25, 0.3) is 0 Å². The standard InChI is InChI=1S/C11H14ClN3O3/c1-7(8-4-5-18-6-8)13-11-9(15(16)17)2-3-10(12)14-11/h2-3,7-8H,4-6H2,1H3,(H,13,14). The minimum Gasteiger partial charge on any atom is -0.381 e. The van der Waals surface area contributed by atoms with E-state index in [4.69, 9.17) is 16.3 Å². The lowest BCUT2D eigenvalue weighted by atomic mass is 10.0. The van der Waals surface area contributed by atoms with Gasteiger partial charge in [0.2, 0.25) is 5.82 Å². The molecule has 18 heavy (non-hydrogen) atoms. The first-order valence-corrected chi connectivity index (χ1v) is 6.11. The molecule has 0 radical (unpaired) electrons. The van der Waals surface area contributed by atoms with Crippen LogP contribution in [0.1, 0.15) is 13.3 Å². The van der Waals surface area contributed by atoms with Crippen LogP contribution >= 0.6 is 11.6 Å². The molecule has 2 heterocycles. The Morgan fingerprint density at radius 3 is 3.06 bits per heavy atom. The normalized spacial score (nSPS) is 20.7. The van der Waals surface area contributed by atoms with Gasteiger partial charge in [0.05, 0.1) is 11.5 Å². The summed E-state index contributed by atoms with van der Waals surface area (Å²) in [5.41, 5.74) is -0.0647. The van der Waals surface area contributed by atoms with Crippen LogP contribution in [0.2, 0.25) is 5.15 Å². The molecule has 0 saturated carbocycles. The number of halogens is 1. The van der Waals surface area contributed by atoms with E-state index in [-0.39, 0.29) is 22.7 Å². The maximum absolute atomic E-state index is 10.9. The zero-order chi connectivity index (χ0) is 13.1. The van der Waals surface area contributed by atoms with Crippen LogP contribution in [-0.2, 0) is 4.74 Å². The first-order valence-electron chi connectivity index (χ1n) is 5.73. The zero-order valence-corrected chi connectivity index (χ0v) is 10.7. The molecule has 6 nitrogen and oxygen atoms in total. The van der Waals surface area contributed by atoms with Crippen molar-refractivity contribution in [3.63, 3.8) is 0 Å². The molecule has 0 bridgehead atoms. The minimum atomic E-state index is -0.469. The number of rotatable bonds is 4. The topological polar surface area (TPSA) is 77.3 Å². The van der Waals surface area contributed by atoms with Gasteiger partial charge in [-0.15, -0.1) is 0 Å². The average Bonchev–Trinajstić information content (AvgIpc) is 2.81. The molecule has 2 rings (SSSR count). The van der Waals surface area contributed by atoms with Gasteiger partial charge in [0, 0.05) is 24.6 Å². The monoisotopic (exact) mass is 271 g/mol. The summed E-state index contributed by atoms with van der Waals surface area (Å²) in [6, 6.07) is 2.82. The second kappa shape index (κ2) is 5.49. The van der Waals surface area contributed by atoms with Crippen molar-refractivity contribution in [2.24, 2.45) is 5.92 Å². The Morgan fingerprint density at radius 2 is 2.44 bits per heavy atom. The van der Waals surface area contributed by atoms with E-state index in [0.717, 1.165) is 13.0 Å². The molecule has 1 aromatic heterocycles. The molecule has 0 amide bonds. The summed E-state index contributed by atoms with van der Waals surface area (Å²) in [6.07, 6.45) is 0.947. The van der Waals surface area contributed by atoms with Crippen LogP contribution in [0, 0.1) is 16.0 Å². The largest absolute Gasteiger partial charge is 0.381 e.